The number of rotatable bonds is 9. The second-order valence-electron chi connectivity index (χ2n) is 8.55. The van der Waals surface area contributed by atoms with E-state index >= 15 is 0 Å². The van der Waals surface area contributed by atoms with E-state index in [-0.39, 0.29) is 13.2 Å². The lowest BCUT2D eigenvalue weighted by atomic mass is 9.96. The molecule has 31 heavy (non-hydrogen) atoms. The molecule has 2 fully saturated rings. The molecule has 1 unspecified atom stereocenters. The van der Waals surface area contributed by atoms with E-state index in [1.165, 1.54) is 0 Å². The smallest absolute Gasteiger partial charge is 0.187 e. The van der Waals surface area contributed by atoms with Crippen molar-refractivity contribution < 1.29 is 49.6 Å². The topological polar surface area (TPSA) is 158 Å². The van der Waals surface area contributed by atoms with Crippen LogP contribution >= 0.6 is 0 Å². The third kappa shape index (κ3) is 6.78. The van der Waals surface area contributed by atoms with Gasteiger partial charge in [0.25, 0.3) is 0 Å². The van der Waals surface area contributed by atoms with Crippen molar-refractivity contribution in [1.29, 1.82) is 0 Å². The standard InChI is InChI=1S/C21H36O10/c1-5-21(4,8-6-7-11(2)3)31-20-18(27)16(25)15(24)13(30-20)10-29-19-17(26)14(23)12(22)9-28-19/h5,7,12-20,22-27H,1,6,8-10H2,2-4H3/t12-,13-,14+,15-,16+,17-,18-,19+,20+,21?/m1/s1. The maximum absolute atomic E-state index is 10.3. The highest BCUT2D eigenvalue weighted by Gasteiger charge is 2.47. The molecule has 2 aliphatic heterocycles. The van der Waals surface area contributed by atoms with Crippen molar-refractivity contribution in [2.24, 2.45) is 0 Å². The molecule has 2 saturated heterocycles. The van der Waals surface area contributed by atoms with Gasteiger partial charge in [0.1, 0.15) is 42.7 Å². The van der Waals surface area contributed by atoms with Crippen LogP contribution in [0, 0.1) is 0 Å². The predicted octanol–water partition coefficient (Wildman–Crippen LogP) is -1.04. The van der Waals surface area contributed by atoms with Crippen LogP contribution in [-0.4, -0.2) is 105 Å². The fourth-order valence-electron chi connectivity index (χ4n) is 3.39. The molecule has 0 saturated carbocycles. The molecule has 10 atom stereocenters. The van der Waals surface area contributed by atoms with Gasteiger partial charge in [-0.1, -0.05) is 17.7 Å². The van der Waals surface area contributed by atoms with Gasteiger partial charge in [0, 0.05) is 0 Å². The fourth-order valence-corrected chi connectivity index (χ4v) is 3.39. The largest absolute Gasteiger partial charge is 0.388 e. The highest BCUT2D eigenvalue weighted by molar-refractivity contribution is 5.00. The summed E-state index contributed by atoms with van der Waals surface area (Å²) >= 11 is 0. The van der Waals surface area contributed by atoms with Gasteiger partial charge in [-0.2, -0.15) is 0 Å². The van der Waals surface area contributed by atoms with Crippen molar-refractivity contribution in [3.05, 3.63) is 24.3 Å². The first-order valence-corrected chi connectivity index (χ1v) is 10.4. The van der Waals surface area contributed by atoms with Gasteiger partial charge in [-0.05, 0) is 33.6 Å². The van der Waals surface area contributed by atoms with Gasteiger partial charge in [0.15, 0.2) is 12.6 Å². The van der Waals surface area contributed by atoms with E-state index in [0.717, 1.165) is 5.57 Å². The lowest BCUT2D eigenvalue weighted by Crippen LogP contribution is -2.61. The quantitative estimate of drug-likeness (QED) is 0.241. The zero-order valence-electron chi connectivity index (χ0n) is 18.2. The van der Waals surface area contributed by atoms with E-state index in [4.69, 9.17) is 18.9 Å². The van der Waals surface area contributed by atoms with Crippen molar-refractivity contribution in [2.75, 3.05) is 13.2 Å². The number of aliphatic hydroxyl groups excluding tert-OH is 6. The first kappa shape index (κ1) is 26.3. The zero-order valence-corrected chi connectivity index (χ0v) is 18.2. The minimum atomic E-state index is -1.57. The second-order valence-corrected chi connectivity index (χ2v) is 8.55. The number of hydrogen-bond acceptors (Lipinski definition) is 10. The Hall–Kier alpha value is -0.920. The van der Waals surface area contributed by atoms with Crippen LogP contribution in [0.1, 0.15) is 33.6 Å². The molecule has 10 heteroatoms. The number of ether oxygens (including phenoxy) is 4. The molecule has 0 aromatic rings. The summed E-state index contributed by atoms with van der Waals surface area (Å²) in [7, 11) is 0. The number of allylic oxidation sites excluding steroid dienone is 2. The Morgan fingerprint density at radius 1 is 1.00 bits per heavy atom. The van der Waals surface area contributed by atoms with Crippen LogP contribution in [0.15, 0.2) is 24.3 Å². The molecule has 10 nitrogen and oxygen atoms in total. The maximum atomic E-state index is 10.3. The Labute approximate surface area is 182 Å². The Morgan fingerprint density at radius 2 is 1.65 bits per heavy atom. The molecule has 2 heterocycles. The van der Waals surface area contributed by atoms with Crippen LogP contribution in [0.3, 0.4) is 0 Å². The minimum Gasteiger partial charge on any atom is -0.388 e. The van der Waals surface area contributed by atoms with Crippen LogP contribution in [0.25, 0.3) is 0 Å². The SMILES string of the molecule is C=CC(C)(CCC=C(C)C)O[C@@H]1O[C@H](CO[C@@H]2OC[C@@H](O)[C@H](O)[C@H]2O)[C@@H](O)[C@H](O)[C@H]1O. The maximum Gasteiger partial charge on any atom is 0.187 e. The van der Waals surface area contributed by atoms with Gasteiger partial charge < -0.3 is 49.6 Å². The molecule has 180 valence electrons. The lowest BCUT2D eigenvalue weighted by Gasteiger charge is -2.43. The Morgan fingerprint density at radius 3 is 2.26 bits per heavy atom. The third-order valence-corrected chi connectivity index (χ3v) is 5.56. The zero-order chi connectivity index (χ0) is 23.3. The van der Waals surface area contributed by atoms with Crippen molar-refractivity contribution in [3.63, 3.8) is 0 Å². The van der Waals surface area contributed by atoms with E-state index in [9.17, 15) is 30.6 Å². The first-order chi connectivity index (χ1) is 14.5. The van der Waals surface area contributed by atoms with Gasteiger partial charge >= 0.3 is 0 Å². The van der Waals surface area contributed by atoms with Crippen LogP contribution in [0.2, 0.25) is 0 Å². The van der Waals surface area contributed by atoms with Crippen LogP contribution in [0.5, 0.6) is 0 Å². The Bertz CT molecular complexity index is 609. The molecule has 0 bridgehead atoms. The summed E-state index contributed by atoms with van der Waals surface area (Å²) in [6.45, 7) is 8.94. The second kappa shape index (κ2) is 11.3. The summed E-state index contributed by atoms with van der Waals surface area (Å²) in [5, 5.41) is 60.1. The molecule has 2 aliphatic rings. The van der Waals surface area contributed by atoms with Crippen molar-refractivity contribution in [3.8, 4) is 0 Å². The van der Waals surface area contributed by atoms with E-state index < -0.39 is 60.9 Å². The first-order valence-electron chi connectivity index (χ1n) is 10.4. The third-order valence-electron chi connectivity index (χ3n) is 5.56. The Balaban J connectivity index is 2.01. The average Bonchev–Trinajstić information content (AvgIpc) is 2.72. The summed E-state index contributed by atoms with van der Waals surface area (Å²) in [6, 6.07) is 0. The molecular formula is C21H36O10. The van der Waals surface area contributed by atoms with Crippen molar-refractivity contribution in [1.82, 2.24) is 0 Å². The number of aliphatic hydroxyl groups is 6. The van der Waals surface area contributed by atoms with E-state index in [2.05, 4.69) is 6.58 Å². The molecule has 2 rings (SSSR count). The Kier molecular flexibility index (Phi) is 9.58. The summed E-state index contributed by atoms with van der Waals surface area (Å²) in [5.41, 5.74) is 0.286. The summed E-state index contributed by atoms with van der Waals surface area (Å²) < 4.78 is 22.1. The number of hydrogen-bond donors (Lipinski definition) is 6. The van der Waals surface area contributed by atoms with Gasteiger partial charge in [0.05, 0.1) is 18.8 Å². The molecule has 0 aromatic heterocycles. The highest BCUT2D eigenvalue weighted by Crippen LogP contribution is 2.30. The highest BCUT2D eigenvalue weighted by atomic mass is 16.7. The van der Waals surface area contributed by atoms with E-state index in [0.29, 0.717) is 12.8 Å². The van der Waals surface area contributed by atoms with Crippen LogP contribution < -0.4 is 0 Å². The predicted molar refractivity (Wildman–Crippen MR) is 109 cm³/mol. The molecule has 6 N–H and O–H groups in total. The van der Waals surface area contributed by atoms with E-state index in [1.54, 1.807) is 13.0 Å². The lowest BCUT2D eigenvalue weighted by molar-refractivity contribution is -0.333. The van der Waals surface area contributed by atoms with Crippen LogP contribution in [-0.2, 0) is 18.9 Å². The van der Waals surface area contributed by atoms with Gasteiger partial charge in [0.2, 0.25) is 0 Å². The van der Waals surface area contributed by atoms with Gasteiger partial charge in [-0.25, -0.2) is 0 Å². The monoisotopic (exact) mass is 448 g/mol. The van der Waals surface area contributed by atoms with Crippen molar-refractivity contribution >= 4 is 0 Å². The van der Waals surface area contributed by atoms with Gasteiger partial charge in [-0.15, -0.1) is 6.58 Å². The summed E-state index contributed by atoms with van der Waals surface area (Å²) in [4.78, 5) is 0. The molecule has 0 amide bonds. The molecule has 0 radical (unpaired) electrons. The molecule has 0 aliphatic carbocycles. The van der Waals surface area contributed by atoms with E-state index in [1.807, 2.05) is 19.9 Å². The van der Waals surface area contributed by atoms with Gasteiger partial charge in [-0.3, -0.25) is 0 Å². The molecule has 0 spiro atoms. The summed E-state index contributed by atoms with van der Waals surface area (Å²) in [5.74, 6) is 0. The van der Waals surface area contributed by atoms with Crippen LogP contribution in [0.4, 0.5) is 0 Å². The molecular weight excluding hydrogens is 412 g/mol. The summed E-state index contributed by atoms with van der Waals surface area (Å²) in [6.07, 6.45) is -7.54. The average molecular weight is 449 g/mol. The fraction of sp³-hybridized carbons (Fsp3) is 0.810. The van der Waals surface area contributed by atoms with Crippen molar-refractivity contribution in [2.45, 2.75) is 94.5 Å². The minimum absolute atomic E-state index is 0.243. The molecule has 0 aromatic carbocycles. The normalized spacial score (nSPS) is 40.7.